The number of allylic oxidation sites excluding steroid dienone is 1. The highest BCUT2D eigenvalue weighted by Crippen LogP contribution is 2.40. The highest BCUT2D eigenvalue weighted by molar-refractivity contribution is 5.73. The van der Waals surface area contributed by atoms with E-state index >= 15 is 0 Å². The lowest BCUT2D eigenvalue weighted by Crippen LogP contribution is -1.92. The van der Waals surface area contributed by atoms with Crippen molar-refractivity contribution in [3.05, 3.63) is 17.7 Å². The Hall–Kier alpha value is -1.38. The van der Waals surface area contributed by atoms with Crippen LogP contribution in [0.25, 0.3) is 5.57 Å². The zero-order valence-electron chi connectivity index (χ0n) is 11.7. The van der Waals surface area contributed by atoms with Gasteiger partial charge in [0.25, 0.3) is 0 Å². The van der Waals surface area contributed by atoms with Crippen molar-refractivity contribution in [1.29, 1.82) is 0 Å². The van der Waals surface area contributed by atoms with Crippen molar-refractivity contribution in [2.75, 3.05) is 0 Å². The molecular weight excluding hydrogens is 226 g/mol. The second-order valence-corrected chi connectivity index (χ2v) is 5.18. The lowest BCUT2D eigenvalue weighted by molar-refractivity contribution is 0.422. The first-order chi connectivity index (χ1) is 8.49. The number of hydrogen-bond donors (Lipinski definition) is 3. The van der Waals surface area contributed by atoms with Crippen molar-refractivity contribution in [3.8, 4) is 11.8 Å². The van der Waals surface area contributed by atoms with Crippen LogP contribution in [0.5, 0.6) is 11.8 Å². The molecule has 3 nitrogen and oxygen atoms in total. The number of unbranched alkanes of at least 4 members (excludes halogenated alkanes) is 3. The van der Waals surface area contributed by atoms with Crippen molar-refractivity contribution in [2.24, 2.45) is 0 Å². The van der Waals surface area contributed by atoms with E-state index in [0.717, 1.165) is 24.0 Å². The van der Waals surface area contributed by atoms with Gasteiger partial charge in [0.05, 0.1) is 0 Å². The molecule has 0 radical (unpaired) electrons. The number of H-pyrrole nitrogens is 1. The van der Waals surface area contributed by atoms with E-state index in [1.54, 1.807) is 0 Å². The van der Waals surface area contributed by atoms with Gasteiger partial charge >= 0.3 is 0 Å². The molecule has 0 saturated carbocycles. The molecule has 1 aromatic rings. The predicted octanol–water partition coefficient (Wildman–Crippen LogP) is 4.53. The SMILES string of the molecule is C=C(CCCCCC)c1c(O)[nH]c(O)c1C(C)C. The van der Waals surface area contributed by atoms with Gasteiger partial charge in [-0.1, -0.05) is 46.6 Å². The van der Waals surface area contributed by atoms with Crippen LogP contribution < -0.4 is 0 Å². The molecule has 102 valence electrons. The molecule has 0 atom stereocenters. The Kier molecular flexibility index (Phi) is 5.32. The van der Waals surface area contributed by atoms with Crippen LogP contribution in [0, 0.1) is 0 Å². The fraction of sp³-hybridized carbons (Fsp3) is 0.600. The number of aromatic amines is 1. The zero-order chi connectivity index (χ0) is 13.7. The number of aromatic hydroxyl groups is 2. The minimum absolute atomic E-state index is 0.0386. The van der Waals surface area contributed by atoms with E-state index in [1.165, 1.54) is 19.3 Å². The largest absolute Gasteiger partial charge is 0.494 e. The number of aromatic nitrogens is 1. The Morgan fingerprint density at radius 3 is 2.39 bits per heavy atom. The maximum Gasteiger partial charge on any atom is 0.199 e. The molecule has 1 aromatic heterocycles. The fourth-order valence-corrected chi connectivity index (χ4v) is 2.30. The van der Waals surface area contributed by atoms with E-state index in [-0.39, 0.29) is 17.7 Å². The monoisotopic (exact) mass is 251 g/mol. The summed E-state index contributed by atoms with van der Waals surface area (Å²) < 4.78 is 0. The lowest BCUT2D eigenvalue weighted by Gasteiger charge is -2.10. The molecule has 0 fully saturated rings. The first kappa shape index (κ1) is 14.7. The summed E-state index contributed by atoms with van der Waals surface area (Å²) in [6.07, 6.45) is 5.57. The van der Waals surface area contributed by atoms with Gasteiger partial charge in [0, 0.05) is 11.1 Å². The Balaban J connectivity index is 2.79. The lowest BCUT2D eigenvalue weighted by atomic mass is 9.94. The van der Waals surface area contributed by atoms with Gasteiger partial charge in [-0.05, 0) is 24.3 Å². The van der Waals surface area contributed by atoms with Gasteiger partial charge in [-0.2, -0.15) is 0 Å². The van der Waals surface area contributed by atoms with Crippen LogP contribution in [-0.4, -0.2) is 15.2 Å². The molecule has 1 heterocycles. The fourth-order valence-electron chi connectivity index (χ4n) is 2.30. The quantitative estimate of drug-likeness (QED) is 0.623. The van der Waals surface area contributed by atoms with Crippen molar-refractivity contribution < 1.29 is 10.2 Å². The molecule has 0 spiro atoms. The van der Waals surface area contributed by atoms with Crippen LogP contribution in [0.15, 0.2) is 6.58 Å². The minimum Gasteiger partial charge on any atom is -0.494 e. The van der Waals surface area contributed by atoms with Crippen LogP contribution in [0.2, 0.25) is 0 Å². The summed E-state index contributed by atoms with van der Waals surface area (Å²) in [6.45, 7) is 10.2. The highest BCUT2D eigenvalue weighted by atomic mass is 16.3. The van der Waals surface area contributed by atoms with Crippen molar-refractivity contribution >= 4 is 5.57 Å². The van der Waals surface area contributed by atoms with Gasteiger partial charge in [0.15, 0.2) is 11.8 Å². The van der Waals surface area contributed by atoms with E-state index in [1.807, 2.05) is 13.8 Å². The third-order valence-corrected chi connectivity index (χ3v) is 3.26. The molecule has 0 aliphatic heterocycles. The van der Waals surface area contributed by atoms with Gasteiger partial charge < -0.3 is 10.2 Å². The molecule has 0 unspecified atom stereocenters. The Labute approximate surface area is 110 Å². The minimum atomic E-state index is 0.0386. The number of hydrogen-bond acceptors (Lipinski definition) is 2. The van der Waals surface area contributed by atoms with E-state index in [4.69, 9.17) is 0 Å². The summed E-state index contributed by atoms with van der Waals surface area (Å²) >= 11 is 0. The number of rotatable bonds is 7. The van der Waals surface area contributed by atoms with Crippen molar-refractivity contribution in [3.63, 3.8) is 0 Å². The average Bonchev–Trinajstić information content (AvgIpc) is 2.59. The molecule has 0 aliphatic rings. The van der Waals surface area contributed by atoms with E-state index in [0.29, 0.717) is 5.56 Å². The maximum atomic E-state index is 9.86. The van der Waals surface area contributed by atoms with Crippen LogP contribution in [0.4, 0.5) is 0 Å². The molecule has 3 N–H and O–H groups in total. The molecule has 0 bridgehead atoms. The summed E-state index contributed by atoms with van der Waals surface area (Å²) in [7, 11) is 0. The maximum absolute atomic E-state index is 9.86. The van der Waals surface area contributed by atoms with E-state index in [9.17, 15) is 10.2 Å². The molecule has 1 rings (SSSR count). The summed E-state index contributed by atoms with van der Waals surface area (Å²) in [5, 5.41) is 19.6. The van der Waals surface area contributed by atoms with E-state index in [2.05, 4.69) is 18.5 Å². The molecule has 0 aromatic carbocycles. The molecule has 18 heavy (non-hydrogen) atoms. The van der Waals surface area contributed by atoms with Crippen LogP contribution in [0.3, 0.4) is 0 Å². The second-order valence-electron chi connectivity index (χ2n) is 5.18. The summed E-state index contributed by atoms with van der Waals surface area (Å²) in [6, 6.07) is 0. The van der Waals surface area contributed by atoms with Gasteiger partial charge in [0.1, 0.15) is 0 Å². The second kappa shape index (κ2) is 6.53. The third kappa shape index (κ3) is 3.31. The van der Waals surface area contributed by atoms with Crippen LogP contribution in [-0.2, 0) is 0 Å². The van der Waals surface area contributed by atoms with Crippen molar-refractivity contribution in [2.45, 2.75) is 58.8 Å². The van der Waals surface area contributed by atoms with E-state index < -0.39 is 0 Å². The Morgan fingerprint density at radius 2 is 1.83 bits per heavy atom. The first-order valence-corrected chi connectivity index (χ1v) is 6.80. The average molecular weight is 251 g/mol. The molecule has 0 aliphatic carbocycles. The molecule has 0 amide bonds. The van der Waals surface area contributed by atoms with Crippen LogP contribution >= 0.6 is 0 Å². The van der Waals surface area contributed by atoms with Gasteiger partial charge in [-0.25, -0.2) is 0 Å². The smallest absolute Gasteiger partial charge is 0.199 e. The van der Waals surface area contributed by atoms with Crippen LogP contribution in [0.1, 0.15) is 69.9 Å². The highest BCUT2D eigenvalue weighted by Gasteiger charge is 2.21. The summed E-state index contributed by atoms with van der Waals surface area (Å²) in [5.41, 5.74) is 2.39. The molecule has 3 heteroatoms. The van der Waals surface area contributed by atoms with Crippen molar-refractivity contribution in [1.82, 2.24) is 4.98 Å². The Morgan fingerprint density at radius 1 is 1.17 bits per heavy atom. The summed E-state index contributed by atoms with van der Waals surface area (Å²) in [4.78, 5) is 2.59. The number of nitrogens with one attached hydrogen (secondary N) is 1. The summed E-state index contributed by atoms with van der Waals surface area (Å²) in [5.74, 6) is 0.258. The van der Waals surface area contributed by atoms with Gasteiger partial charge in [0.2, 0.25) is 0 Å². The molecular formula is C15H25NO2. The Bertz CT molecular complexity index is 405. The zero-order valence-corrected chi connectivity index (χ0v) is 11.7. The topological polar surface area (TPSA) is 56.2 Å². The standard InChI is InChI=1S/C15H25NO2/c1-5-6-7-8-9-11(4)13-12(10(2)3)14(17)16-15(13)18/h10,16-18H,4-9H2,1-3H3. The third-order valence-electron chi connectivity index (χ3n) is 3.26. The molecule has 0 saturated heterocycles. The van der Waals surface area contributed by atoms with Gasteiger partial charge in [-0.15, -0.1) is 0 Å². The first-order valence-electron chi connectivity index (χ1n) is 6.80. The predicted molar refractivity (Wildman–Crippen MR) is 76.0 cm³/mol. The van der Waals surface area contributed by atoms with Gasteiger partial charge in [-0.3, -0.25) is 4.98 Å². The normalized spacial score (nSPS) is 11.1.